The summed E-state index contributed by atoms with van der Waals surface area (Å²) in [5, 5.41) is 15.1. The number of nitrogens with zero attached hydrogens (tertiary/aromatic N) is 2. The van der Waals surface area contributed by atoms with Crippen molar-refractivity contribution in [3.8, 4) is 11.4 Å². The van der Waals surface area contributed by atoms with E-state index in [9.17, 15) is 23.6 Å². The van der Waals surface area contributed by atoms with E-state index in [2.05, 4.69) is 15.4 Å². The van der Waals surface area contributed by atoms with Gasteiger partial charge in [0.2, 0.25) is 11.8 Å². The second kappa shape index (κ2) is 14.9. The van der Waals surface area contributed by atoms with E-state index in [0.29, 0.717) is 40.9 Å². The molecule has 0 saturated heterocycles. The van der Waals surface area contributed by atoms with Gasteiger partial charge in [0.05, 0.1) is 41.6 Å². The molecule has 1 unspecified atom stereocenters. The number of aromatic nitrogens is 2. The van der Waals surface area contributed by atoms with Crippen LogP contribution in [0.15, 0.2) is 16.9 Å². The van der Waals surface area contributed by atoms with Crippen molar-refractivity contribution in [1.82, 2.24) is 20.2 Å². The van der Waals surface area contributed by atoms with Gasteiger partial charge in [-0.3, -0.25) is 14.4 Å². The third-order valence-electron chi connectivity index (χ3n) is 7.42. The van der Waals surface area contributed by atoms with E-state index in [1.807, 2.05) is 27.7 Å². The zero-order valence-corrected chi connectivity index (χ0v) is 25.9. The standard InChI is InChI=1S/C27H28FN5O7.2C2H6/c1-12-5-20-25-15(8-33(20)26(36)16(12)9-40-27(37)38)24-18(31-22(35)10-39-11-30-21(34)7-29)4-3-14-13(2)17(28)6-19(32-25)23(14)24;2*1-2/h5-6,18H,3-4,7-11,29H2,1-2H3,(H,30,34)(H,31,35)(H,37,38);2*1-2H3. The molecule has 1 aliphatic carbocycles. The van der Waals surface area contributed by atoms with Crippen LogP contribution in [0.25, 0.3) is 22.3 Å². The molecular weight excluding hydrogens is 573 g/mol. The fourth-order valence-electron chi connectivity index (χ4n) is 5.50. The molecular formula is C31H40FN5O7. The van der Waals surface area contributed by atoms with E-state index >= 15 is 0 Å². The van der Waals surface area contributed by atoms with E-state index in [0.717, 1.165) is 22.1 Å². The van der Waals surface area contributed by atoms with Gasteiger partial charge in [0.1, 0.15) is 25.8 Å². The highest BCUT2D eigenvalue weighted by Gasteiger charge is 2.34. The Morgan fingerprint density at radius 1 is 1.14 bits per heavy atom. The maximum atomic E-state index is 14.9. The molecule has 5 N–H and O–H groups in total. The van der Waals surface area contributed by atoms with E-state index in [1.165, 1.54) is 10.6 Å². The minimum Gasteiger partial charge on any atom is -0.450 e. The Morgan fingerprint density at radius 3 is 2.50 bits per heavy atom. The molecule has 5 rings (SSSR count). The summed E-state index contributed by atoms with van der Waals surface area (Å²) in [7, 11) is 0. The summed E-state index contributed by atoms with van der Waals surface area (Å²) < 4.78 is 26.3. The Hall–Kier alpha value is -4.36. The summed E-state index contributed by atoms with van der Waals surface area (Å²) in [6.07, 6.45) is -0.492. The average molecular weight is 614 g/mol. The number of benzene rings is 1. The third-order valence-corrected chi connectivity index (χ3v) is 7.42. The van der Waals surface area contributed by atoms with Crippen LogP contribution in [-0.2, 0) is 38.6 Å². The number of amides is 2. The van der Waals surface area contributed by atoms with Crippen LogP contribution in [0.1, 0.15) is 73.5 Å². The van der Waals surface area contributed by atoms with Crippen molar-refractivity contribution in [1.29, 1.82) is 0 Å². The zero-order chi connectivity index (χ0) is 32.7. The number of carboxylic acid groups (broad SMARTS) is 1. The smallest absolute Gasteiger partial charge is 0.450 e. The van der Waals surface area contributed by atoms with Crippen LogP contribution < -0.4 is 21.9 Å². The van der Waals surface area contributed by atoms with Gasteiger partial charge in [-0.15, -0.1) is 0 Å². The lowest BCUT2D eigenvalue weighted by Crippen LogP contribution is -2.37. The van der Waals surface area contributed by atoms with Crippen molar-refractivity contribution in [3.05, 3.63) is 61.7 Å². The highest BCUT2D eigenvalue weighted by Crippen LogP contribution is 2.44. The molecule has 0 fully saturated rings. The van der Waals surface area contributed by atoms with Crippen molar-refractivity contribution in [2.75, 3.05) is 19.9 Å². The van der Waals surface area contributed by atoms with Crippen molar-refractivity contribution in [2.45, 2.75) is 73.6 Å². The lowest BCUT2D eigenvalue weighted by molar-refractivity contribution is -0.129. The van der Waals surface area contributed by atoms with Crippen molar-refractivity contribution >= 4 is 28.9 Å². The first-order chi connectivity index (χ1) is 21.1. The predicted octanol–water partition coefficient (Wildman–Crippen LogP) is 3.58. The molecule has 13 heteroatoms. The Kier molecular flexibility index (Phi) is 11.5. The van der Waals surface area contributed by atoms with Crippen LogP contribution >= 0.6 is 0 Å². The first-order valence-corrected chi connectivity index (χ1v) is 14.7. The molecule has 1 aliphatic heterocycles. The fraction of sp³-hybridized carbons (Fsp3) is 0.452. The second-order valence-electron chi connectivity index (χ2n) is 9.80. The minimum atomic E-state index is -1.49. The first kappa shape index (κ1) is 34.1. The zero-order valence-electron chi connectivity index (χ0n) is 25.9. The van der Waals surface area contributed by atoms with Crippen LogP contribution in [0.4, 0.5) is 9.18 Å². The second-order valence-corrected chi connectivity index (χ2v) is 9.80. The average Bonchev–Trinajstić information content (AvgIpc) is 3.38. The number of aryl methyl sites for hydroxylation is 2. The van der Waals surface area contributed by atoms with Gasteiger partial charge in [-0.2, -0.15) is 0 Å². The van der Waals surface area contributed by atoms with Crippen LogP contribution in [0.2, 0.25) is 0 Å². The number of halogens is 1. The lowest BCUT2D eigenvalue weighted by Gasteiger charge is -2.29. The Balaban J connectivity index is 0.00000127. The number of fused-ring (bicyclic) bond motifs is 4. The molecule has 2 amide bonds. The number of carbonyl (C=O) groups is 3. The number of hydrogen-bond donors (Lipinski definition) is 4. The summed E-state index contributed by atoms with van der Waals surface area (Å²) in [5.41, 5.74) is 9.84. The van der Waals surface area contributed by atoms with Crippen molar-refractivity contribution < 1.29 is 33.4 Å². The molecule has 0 saturated carbocycles. The van der Waals surface area contributed by atoms with E-state index < -0.39 is 36.2 Å². The number of carbonyl (C=O) groups excluding carboxylic acids is 2. The molecule has 12 nitrogen and oxygen atoms in total. The Morgan fingerprint density at radius 2 is 1.84 bits per heavy atom. The quantitative estimate of drug-likeness (QED) is 0.132. The van der Waals surface area contributed by atoms with Crippen molar-refractivity contribution in [2.24, 2.45) is 5.73 Å². The normalized spacial score (nSPS) is 13.9. The molecule has 0 spiro atoms. The summed E-state index contributed by atoms with van der Waals surface area (Å²) in [6.45, 7) is 10.5. The van der Waals surface area contributed by atoms with E-state index in [-0.39, 0.29) is 37.8 Å². The molecule has 44 heavy (non-hydrogen) atoms. The van der Waals surface area contributed by atoms with Crippen LogP contribution in [-0.4, -0.2) is 52.5 Å². The number of rotatable bonds is 8. The van der Waals surface area contributed by atoms with Crippen LogP contribution in [0.3, 0.4) is 0 Å². The number of hydrogen-bond acceptors (Lipinski definition) is 8. The number of pyridine rings is 2. The molecule has 2 aromatic heterocycles. The number of nitrogens with one attached hydrogen (secondary N) is 2. The summed E-state index contributed by atoms with van der Waals surface area (Å²) >= 11 is 0. The van der Waals surface area contributed by atoms with Gasteiger partial charge in [-0.05, 0) is 55.0 Å². The predicted molar refractivity (Wildman–Crippen MR) is 163 cm³/mol. The summed E-state index contributed by atoms with van der Waals surface area (Å²) in [4.78, 5) is 53.2. The van der Waals surface area contributed by atoms with Gasteiger partial charge in [-0.1, -0.05) is 27.7 Å². The largest absolute Gasteiger partial charge is 0.506 e. The molecule has 0 bridgehead atoms. The van der Waals surface area contributed by atoms with Crippen molar-refractivity contribution in [3.63, 3.8) is 0 Å². The first-order valence-electron chi connectivity index (χ1n) is 14.7. The highest BCUT2D eigenvalue weighted by atomic mass is 19.1. The van der Waals surface area contributed by atoms with Gasteiger partial charge >= 0.3 is 6.16 Å². The Bertz CT molecular complexity index is 1640. The lowest BCUT2D eigenvalue weighted by atomic mass is 9.81. The SMILES string of the molecule is CC.CC.Cc1cc2n(c(=O)c1COC(=O)O)Cc1c-2nc2cc(F)c(C)c3c2c1C(NC(=O)COCNC(=O)CN)CC3. The summed E-state index contributed by atoms with van der Waals surface area (Å²) in [6, 6.07) is 2.64. The molecule has 1 aromatic carbocycles. The van der Waals surface area contributed by atoms with Gasteiger partial charge in [0, 0.05) is 17.0 Å². The topological polar surface area (TPSA) is 175 Å². The van der Waals surface area contributed by atoms with E-state index in [4.69, 9.17) is 20.6 Å². The monoisotopic (exact) mass is 613 g/mol. The molecule has 3 heterocycles. The highest BCUT2D eigenvalue weighted by molar-refractivity contribution is 5.93. The van der Waals surface area contributed by atoms with Crippen LogP contribution in [0, 0.1) is 19.7 Å². The number of ether oxygens (including phenoxy) is 2. The van der Waals surface area contributed by atoms with E-state index in [1.54, 1.807) is 19.9 Å². The van der Waals surface area contributed by atoms with Gasteiger partial charge in [0.25, 0.3) is 5.56 Å². The van der Waals surface area contributed by atoms with Gasteiger partial charge in [0.15, 0.2) is 0 Å². The maximum Gasteiger partial charge on any atom is 0.506 e. The molecule has 2 aliphatic rings. The van der Waals surface area contributed by atoms with Gasteiger partial charge in [-0.25, -0.2) is 14.2 Å². The van der Waals surface area contributed by atoms with Crippen LogP contribution in [0.5, 0.6) is 0 Å². The Labute approximate surface area is 254 Å². The van der Waals surface area contributed by atoms with Gasteiger partial charge < -0.3 is 35.5 Å². The number of nitrogens with two attached hydrogens (primary N) is 1. The summed E-state index contributed by atoms with van der Waals surface area (Å²) in [5.74, 6) is -1.21. The fourth-order valence-corrected chi connectivity index (χ4v) is 5.50. The maximum absolute atomic E-state index is 14.9. The molecule has 3 aromatic rings. The molecule has 0 radical (unpaired) electrons. The molecule has 238 valence electrons. The minimum absolute atomic E-state index is 0.145. The molecule has 1 atom stereocenters. The third kappa shape index (κ3) is 6.73.